The summed E-state index contributed by atoms with van der Waals surface area (Å²) < 4.78 is 0. The van der Waals surface area contributed by atoms with Crippen molar-refractivity contribution >= 4 is 6.03 Å². The van der Waals surface area contributed by atoms with E-state index in [1.165, 1.54) is 44.9 Å². The van der Waals surface area contributed by atoms with Crippen molar-refractivity contribution in [2.75, 3.05) is 13.1 Å². The van der Waals surface area contributed by atoms with E-state index in [9.17, 15) is 4.79 Å². The van der Waals surface area contributed by atoms with Crippen LogP contribution in [-0.2, 0) is 0 Å². The van der Waals surface area contributed by atoms with Gasteiger partial charge in [0, 0.05) is 25.2 Å². The third-order valence-corrected chi connectivity index (χ3v) is 4.16. The van der Waals surface area contributed by atoms with E-state index < -0.39 is 0 Å². The second-order valence-electron chi connectivity index (χ2n) is 5.39. The zero-order valence-electron chi connectivity index (χ0n) is 11.3. The minimum Gasteiger partial charge on any atom is -0.325 e. The van der Waals surface area contributed by atoms with Crippen molar-refractivity contribution in [2.24, 2.45) is 0 Å². The highest BCUT2D eigenvalue weighted by Gasteiger charge is 2.38. The minimum atomic E-state index is 0.296. The van der Waals surface area contributed by atoms with Gasteiger partial charge in [-0.2, -0.15) is 0 Å². The Bertz CT molecular complexity index is 253. The molecular formula is C14H26N2O. The van der Waals surface area contributed by atoms with Crippen LogP contribution in [0.2, 0.25) is 0 Å². The molecule has 2 aliphatic carbocycles. The summed E-state index contributed by atoms with van der Waals surface area (Å²) in [6.45, 7) is 5.83. The van der Waals surface area contributed by atoms with Gasteiger partial charge < -0.3 is 9.80 Å². The molecule has 0 bridgehead atoms. The number of nitrogens with zero attached hydrogens (tertiary/aromatic N) is 2. The van der Waals surface area contributed by atoms with Crippen molar-refractivity contribution in [3.63, 3.8) is 0 Å². The van der Waals surface area contributed by atoms with Gasteiger partial charge in [0.25, 0.3) is 0 Å². The van der Waals surface area contributed by atoms with E-state index in [0.29, 0.717) is 18.1 Å². The van der Waals surface area contributed by atoms with Gasteiger partial charge in [0.05, 0.1) is 0 Å². The predicted octanol–water partition coefficient (Wildman–Crippen LogP) is 3.25. The molecule has 0 aliphatic heterocycles. The van der Waals surface area contributed by atoms with Gasteiger partial charge in [0.2, 0.25) is 0 Å². The maximum Gasteiger partial charge on any atom is 0.320 e. The maximum atomic E-state index is 12.5. The second kappa shape index (κ2) is 5.74. The smallest absolute Gasteiger partial charge is 0.320 e. The summed E-state index contributed by atoms with van der Waals surface area (Å²) in [7, 11) is 0. The first kappa shape index (κ1) is 12.7. The quantitative estimate of drug-likeness (QED) is 0.737. The van der Waals surface area contributed by atoms with Crippen LogP contribution < -0.4 is 0 Å². The van der Waals surface area contributed by atoms with Gasteiger partial charge in [0.1, 0.15) is 0 Å². The van der Waals surface area contributed by atoms with E-state index in [4.69, 9.17) is 0 Å². The van der Waals surface area contributed by atoms with Crippen LogP contribution in [0.3, 0.4) is 0 Å². The molecule has 2 aliphatic rings. The third-order valence-electron chi connectivity index (χ3n) is 4.16. The molecule has 0 unspecified atom stereocenters. The van der Waals surface area contributed by atoms with E-state index in [1.54, 1.807) is 0 Å². The molecule has 0 aromatic rings. The number of hydrogen-bond acceptors (Lipinski definition) is 1. The Morgan fingerprint density at radius 2 is 1.47 bits per heavy atom. The first-order valence-corrected chi connectivity index (χ1v) is 7.35. The van der Waals surface area contributed by atoms with Crippen LogP contribution in [0.4, 0.5) is 4.79 Å². The van der Waals surface area contributed by atoms with Crippen LogP contribution >= 0.6 is 0 Å². The summed E-state index contributed by atoms with van der Waals surface area (Å²) in [5.41, 5.74) is 0. The highest BCUT2D eigenvalue weighted by atomic mass is 16.2. The highest BCUT2D eigenvalue weighted by Crippen LogP contribution is 2.34. The molecule has 0 radical (unpaired) electrons. The summed E-state index contributed by atoms with van der Waals surface area (Å²) in [5.74, 6) is 0. The van der Waals surface area contributed by atoms with Gasteiger partial charge in [-0.1, -0.05) is 19.3 Å². The van der Waals surface area contributed by atoms with Crippen molar-refractivity contribution in [1.29, 1.82) is 0 Å². The SMILES string of the molecule is CCN(CC)C(=O)N(C1CCCCC1)C1CC1. The normalized spacial score (nSPS) is 21.3. The Kier molecular flexibility index (Phi) is 4.30. The zero-order valence-corrected chi connectivity index (χ0v) is 11.3. The van der Waals surface area contributed by atoms with E-state index in [2.05, 4.69) is 18.7 Å². The standard InChI is InChI=1S/C14H26N2O/c1-3-15(4-2)14(17)16(13-10-11-13)12-8-6-5-7-9-12/h12-13H,3-11H2,1-2H3. The monoisotopic (exact) mass is 238 g/mol. The fraction of sp³-hybridized carbons (Fsp3) is 0.929. The van der Waals surface area contributed by atoms with Crippen LogP contribution in [-0.4, -0.2) is 41.0 Å². The summed E-state index contributed by atoms with van der Waals surface area (Å²) in [6, 6.07) is 1.39. The Labute approximate surface area is 105 Å². The summed E-state index contributed by atoms with van der Waals surface area (Å²) >= 11 is 0. The van der Waals surface area contributed by atoms with Crippen molar-refractivity contribution < 1.29 is 4.79 Å². The average Bonchev–Trinajstić information content (AvgIpc) is 3.17. The van der Waals surface area contributed by atoms with E-state index in [-0.39, 0.29) is 0 Å². The van der Waals surface area contributed by atoms with Gasteiger partial charge in [-0.3, -0.25) is 0 Å². The molecule has 0 spiro atoms. The Morgan fingerprint density at radius 3 is 1.94 bits per heavy atom. The molecule has 0 atom stereocenters. The molecular weight excluding hydrogens is 212 g/mol. The topological polar surface area (TPSA) is 23.6 Å². The molecule has 3 heteroatoms. The minimum absolute atomic E-state index is 0.296. The average molecular weight is 238 g/mol. The zero-order chi connectivity index (χ0) is 12.3. The molecule has 98 valence electrons. The molecule has 17 heavy (non-hydrogen) atoms. The number of carbonyl (C=O) groups excluding carboxylic acids is 1. The van der Waals surface area contributed by atoms with Gasteiger partial charge in [-0.25, -0.2) is 4.79 Å². The number of rotatable bonds is 4. The lowest BCUT2D eigenvalue weighted by Gasteiger charge is -2.37. The van der Waals surface area contributed by atoms with Crippen LogP contribution in [0.25, 0.3) is 0 Å². The predicted molar refractivity (Wildman–Crippen MR) is 70.1 cm³/mol. The second-order valence-corrected chi connectivity index (χ2v) is 5.39. The molecule has 0 aromatic heterocycles. The summed E-state index contributed by atoms with van der Waals surface area (Å²) in [4.78, 5) is 16.7. The Hall–Kier alpha value is -0.730. The number of urea groups is 1. The lowest BCUT2D eigenvalue weighted by molar-refractivity contribution is 0.118. The first-order valence-electron chi connectivity index (χ1n) is 7.35. The molecule has 0 heterocycles. The Morgan fingerprint density at radius 1 is 0.941 bits per heavy atom. The van der Waals surface area contributed by atoms with Gasteiger partial charge in [-0.15, -0.1) is 0 Å². The fourth-order valence-electron chi connectivity index (χ4n) is 2.98. The van der Waals surface area contributed by atoms with Crippen LogP contribution in [0.5, 0.6) is 0 Å². The number of carbonyl (C=O) groups is 1. The van der Waals surface area contributed by atoms with Crippen LogP contribution in [0.15, 0.2) is 0 Å². The maximum absolute atomic E-state index is 12.5. The highest BCUT2D eigenvalue weighted by molar-refractivity contribution is 5.75. The van der Waals surface area contributed by atoms with Crippen LogP contribution in [0.1, 0.15) is 58.8 Å². The molecule has 2 saturated carbocycles. The molecule has 0 saturated heterocycles. The molecule has 2 fully saturated rings. The molecule has 2 rings (SSSR count). The van der Waals surface area contributed by atoms with Crippen molar-refractivity contribution in [3.05, 3.63) is 0 Å². The molecule has 0 aromatic carbocycles. The van der Waals surface area contributed by atoms with Gasteiger partial charge in [0.15, 0.2) is 0 Å². The lowest BCUT2D eigenvalue weighted by atomic mass is 9.94. The van der Waals surface area contributed by atoms with E-state index >= 15 is 0 Å². The fourth-order valence-corrected chi connectivity index (χ4v) is 2.98. The van der Waals surface area contributed by atoms with Crippen molar-refractivity contribution in [2.45, 2.75) is 70.9 Å². The molecule has 0 N–H and O–H groups in total. The Balaban J connectivity index is 2.02. The van der Waals surface area contributed by atoms with Gasteiger partial charge >= 0.3 is 6.03 Å². The largest absolute Gasteiger partial charge is 0.325 e. The van der Waals surface area contributed by atoms with E-state index in [1.807, 2.05) is 4.90 Å². The molecule has 3 nitrogen and oxygen atoms in total. The third kappa shape index (κ3) is 2.93. The number of hydrogen-bond donors (Lipinski definition) is 0. The van der Waals surface area contributed by atoms with Crippen molar-refractivity contribution in [1.82, 2.24) is 9.80 Å². The van der Waals surface area contributed by atoms with Gasteiger partial charge in [-0.05, 0) is 39.5 Å². The summed E-state index contributed by atoms with van der Waals surface area (Å²) in [5, 5.41) is 0. The van der Waals surface area contributed by atoms with Crippen LogP contribution in [0, 0.1) is 0 Å². The summed E-state index contributed by atoms with van der Waals surface area (Å²) in [6.07, 6.45) is 8.87. The first-order chi connectivity index (χ1) is 8.27. The van der Waals surface area contributed by atoms with Crippen molar-refractivity contribution in [3.8, 4) is 0 Å². The lowest BCUT2D eigenvalue weighted by Crippen LogP contribution is -2.49. The molecule has 2 amide bonds. The number of amides is 2. The van der Waals surface area contributed by atoms with E-state index in [0.717, 1.165) is 13.1 Å².